The topological polar surface area (TPSA) is 58.9 Å². The molecule has 0 aromatic heterocycles. The summed E-state index contributed by atoms with van der Waals surface area (Å²) in [5.74, 6) is 1.07. The molecule has 2 heterocycles. The zero-order valence-electron chi connectivity index (χ0n) is 9.85. The van der Waals surface area contributed by atoms with Gasteiger partial charge in [-0.2, -0.15) is 0 Å². The van der Waals surface area contributed by atoms with Crippen molar-refractivity contribution in [2.75, 3.05) is 6.61 Å². The molecule has 0 aliphatic carbocycles. The number of hydrogen-bond acceptors (Lipinski definition) is 4. The van der Waals surface area contributed by atoms with Crippen molar-refractivity contribution in [3.8, 4) is 0 Å². The van der Waals surface area contributed by atoms with E-state index in [2.05, 4.69) is 18.8 Å². The van der Waals surface area contributed by atoms with E-state index in [4.69, 9.17) is 4.74 Å². The number of hydrogen-bond donors (Lipinski definition) is 1. The zero-order chi connectivity index (χ0) is 11.7. The lowest BCUT2D eigenvalue weighted by Crippen LogP contribution is -2.34. The van der Waals surface area contributed by atoms with E-state index in [0.717, 1.165) is 6.42 Å². The Hall–Kier alpha value is -0.900. The van der Waals surface area contributed by atoms with Crippen LogP contribution in [0.4, 0.5) is 0 Å². The molecule has 2 aliphatic heterocycles. The predicted molar refractivity (Wildman–Crippen MR) is 60.4 cm³/mol. The Morgan fingerprint density at radius 2 is 2.31 bits per heavy atom. The van der Waals surface area contributed by atoms with E-state index in [1.165, 1.54) is 0 Å². The molecule has 16 heavy (non-hydrogen) atoms. The van der Waals surface area contributed by atoms with Gasteiger partial charge in [0.25, 0.3) is 0 Å². The maximum absolute atomic E-state index is 11.9. The minimum absolute atomic E-state index is 0.0483. The summed E-state index contributed by atoms with van der Waals surface area (Å²) in [6.07, 6.45) is 1.36. The largest absolute Gasteiger partial charge is 0.478 e. The molecule has 0 aromatic rings. The number of carbonyl (C=O) groups excluding carboxylic acids is 1. The van der Waals surface area contributed by atoms with Gasteiger partial charge >= 0.3 is 0 Å². The number of carbonyl (C=O) groups is 1. The highest BCUT2D eigenvalue weighted by Gasteiger charge is 2.36. The molecular formula is C12H19NO3. The molecule has 0 amide bonds. The summed E-state index contributed by atoms with van der Waals surface area (Å²) in [6.45, 7) is 4.55. The minimum Gasteiger partial charge on any atom is -0.478 e. The van der Waals surface area contributed by atoms with Crippen LogP contribution < -0.4 is 0 Å². The van der Waals surface area contributed by atoms with Crippen LogP contribution in [0, 0.1) is 11.8 Å². The lowest BCUT2D eigenvalue weighted by atomic mass is 9.81. The van der Waals surface area contributed by atoms with Gasteiger partial charge in [-0.3, -0.25) is 4.79 Å². The van der Waals surface area contributed by atoms with Gasteiger partial charge in [-0.05, 0) is 11.8 Å². The first kappa shape index (κ1) is 11.6. The Labute approximate surface area is 95.7 Å². The summed E-state index contributed by atoms with van der Waals surface area (Å²) in [6, 6.07) is -0.311. The Morgan fingerprint density at radius 1 is 1.56 bits per heavy atom. The van der Waals surface area contributed by atoms with Gasteiger partial charge in [0, 0.05) is 12.8 Å². The molecule has 0 spiro atoms. The van der Waals surface area contributed by atoms with Gasteiger partial charge < -0.3 is 9.84 Å². The summed E-state index contributed by atoms with van der Waals surface area (Å²) in [4.78, 5) is 16.1. The van der Waals surface area contributed by atoms with E-state index >= 15 is 0 Å². The molecule has 1 N–H and O–H groups in total. The van der Waals surface area contributed by atoms with Crippen molar-refractivity contribution in [2.45, 2.75) is 45.3 Å². The molecule has 4 unspecified atom stereocenters. The maximum atomic E-state index is 11.9. The Morgan fingerprint density at radius 3 is 3.00 bits per heavy atom. The van der Waals surface area contributed by atoms with Crippen LogP contribution in [0.5, 0.6) is 0 Å². The number of fused-ring (bicyclic) bond motifs is 1. The quantitative estimate of drug-likeness (QED) is 0.767. The van der Waals surface area contributed by atoms with Gasteiger partial charge in [-0.1, -0.05) is 20.3 Å². The smallest absolute Gasteiger partial charge is 0.186 e. The molecule has 0 aromatic carbocycles. The highest BCUT2D eigenvalue weighted by Crippen LogP contribution is 2.29. The summed E-state index contributed by atoms with van der Waals surface area (Å²) >= 11 is 0. The highest BCUT2D eigenvalue weighted by atomic mass is 16.5. The van der Waals surface area contributed by atoms with Crippen molar-refractivity contribution in [3.63, 3.8) is 0 Å². The van der Waals surface area contributed by atoms with E-state index < -0.39 is 6.10 Å². The number of ketones is 1. The first-order valence-corrected chi connectivity index (χ1v) is 6.02. The van der Waals surface area contributed by atoms with E-state index in [1.54, 1.807) is 0 Å². The Bertz CT molecular complexity index is 313. The van der Waals surface area contributed by atoms with Crippen LogP contribution in [0.25, 0.3) is 0 Å². The van der Waals surface area contributed by atoms with Crippen LogP contribution in [0.1, 0.15) is 33.1 Å². The lowest BCUT2D eigenvalue weighted by molar-refractivity contribution is -0.122. The number of ether oxygens (including phenoxy) is 1. The van der Waals surface area contributed by atoms with Gasteiger partial charge in [0.05, 0.1) is 6.10 Å². The highest BCUT2D eigenvalue weighted by molar-refractivity contribution is 5.91. The van der Waals surface area contributed by atoms with E-state index in [-0.39, 0.29) is 17.7 Å². The van der Waals surface area contributed by atoms with Crippen LogP contribution in [0.15, 0.2) is 4.99 Å². The Kier molecular flexibility index (Phi) is 3.28. The third-order valence-electron chi connectivity index (χ3n) is 3.77. The zero-order valence-corrected chi connectivity index (χ0v) is 9.85. The van der Waals surface area contributed by atoms with Gasteiger partial charge in [0.15, 0.2) is 11.7 Å². The molecular weight excluding hydrogens is 206 g/mol. The third kappa shape index (κ3) is 2.12. The SMILES string of the molecule is CCC(C)C1CC(=O)C2COC(=N2)CC1O. The molecule has 0 saturated heterocycles. The molecule has 2 rings (SSSR count). The molecule has 0 saturated carbocycles. The second-order valence-electron chi connectivity index (χ2n) is 4.84. The maximum Gasteiger partial charge on any atom is 0.186 e. The van der Waals surface area contributed by atoms with Crippen molar-refractivity contribution in [1.29, 1.82) is 0 Å². The van der Waals surface area contributed by atoms with E-state index in [9.17, 15) is 9.90 Å². The molecule has 4 atom stereocenters. The second-order valence-corrected chi connectivity index (χ2v) is 4.84. The number of aliphatic hydroxyl groups is 1. The van der Waals surface area contributed by atoms with Crippen LogP contribution in [-0.4, -0.2) is 35.5 Å². The fraction of sp³-hybridized carbons (Fsp3) is 0.833. The fourth-order valence-electron chi connectivity index (χ4n) is 2.42. The van der Waals surface area contributed by atoms with Crippen LogP contribution in [-0.2, 0) is 9.53 Å². The molecule has 90 valence electrons. The van der Waals surface area contributed by atoms with E-state index in [0.29, 0.717) is 31.3 Å². The monoisotopic (exact) mass is 225 g/mol. The molecule has 2 bridgehead atoms. The average Bonchev–Trinajstić information content (AvgIpc) is 2.72. The number of aliphatic hydroxyl groups excluding tert-OH is 1. The second kappa shape index (κ2) is 4.53. The van der Waals surface area contributed by atoms with Crippen molar-refractivity contribution in [3.05, 3.63) is 0 Å². The summed E-state index contributed by atoms with van der Waals surface area (Å²) in [5.41, 5.74) is 0. The molecule has 4 heteroatoms. The summed E-state index contributed by atoms with van der Waals surface area (Å²) < 4.78 is 5.31. The average molecular weight is 225 g/mol. The van der Waals surface area contributed by atoms with Gasteiger partial charge in [0.1, 0.15) is 12.6 Å². The van der Waals surface area contributed by atoms with Crippen LogP contribution in [0.2, 0.25) is 0 Å². The van der Waals surface area contributed by atoms with Crippen LogP contribution in [0.3, 0.4) is 0 Å². The summed E-state index contributed by atoms with van der Waals surface area (Å²) in [5, 5.41) is 10.1. The van der Waals surface area contributed by atoms with E-state index in [1.807, 2.05) is 0 Å². The number of rotatable bonds is 2. The number of nitrogens with zero attached hydrogens (tertiary/aromatic N) is 1. The molecule has 0 fully saturated rings. The normalized spacial score (nSPS) is 36.1. The van der Waals surface area contributed by atoms with Crippen molar-refractivity contribution in [1.82, 2.24) is 0 Å². The predicted octanol–water partition coefficient (Wildman–Crippen LogP) is 1.17. The number of aliphatic imine (C=N–C) groups is 1. The van der Waals surface area contributed by atoms with Crippen molar-refractivity contribution < 1.29 is 14.6 Å². The Balaban J connectivity index is 2.17. The standard InChI is InChI=1S/C12H19NO3/c1-3-7(2)8-4-11(15)9-6-16-12(13-9)5-10(8)14/h7-10,14H,3-6H2,1-2H3. The lowest BCUT2D eigenvalue weighted by Gasteiger charge is -2.28. The molecule has 2 aliphatic rings. The first-order chi connectivity index (χ1) is 7.61. The van der Waals surface area contributed by atoms with Gasteiger partial charge in [0.2, 0.25) is 0 Å². The molecule has 4 nitrogen and oxygen atoms in total. The van der Waals surface area contributed by atoms with Crippen molar-refractivity contribution in [2.24, 2.45) is 16.8 Å². The molecule has 0 radical (unpaired) electrons. The fourth-order valence-corrected chi connectivity index (χ4v) is 2.42. The third-order valence-corrected chi connectivity index (χ3v) is 3.77. The van der Waals surface area contributed by atoms with Gasteiger partial charge in [-0.25, -0.2) is 4.99 Å². The number of Topliss-reactive ketones (excluding diaryl/α,β-unsaturated/α-hetero) is 1. The van der Waals surface area contributed by atoms with Crippen LogP contribution >= 0.6 is 0 Å². The van der Waals surface area contributed by atoms with Gasteiger partial charge in [-0.15, -0.1) is 0 Å². The first-order valence-electron chi connectivity index (χ1n) is 6.02. The van der Waals surface area contributed by atoms with Crippen molar-refractivity contribution >= 4 is 11.7 Å². The summed E-state index contributed by atoms with van der Waals surface area (Å²) in [7, 11) is 0. The minimum atomic E-state index is -0.503.